The zero-order chi connectivity index (χ0) is 12.0. The predicted molar refractivity (Wildman–Crippen MR) is 67.3 cm³/mol. The molecule has 0 saturated carbocycles. The molecule has 2 N–H and O–H groups in total. The van der Waals surface area contributed by atoms with Crippen LogP contribution in [-0.2, 0) is 4.79 Å². The van der Waals surface area contributed by atoms with Gasteiger partial charge in [-0.25, -0.2) is 0 Å². The highest BCUT2D eigenvalue weighted by molar-refractivity contribution is 5.78. The van der Waals surface area contributed by atoms with E-state index in [1.807, 2.05) is 0 Å². The SMILES string of the molecule is CCCCC(CC)C(=O)NC1CNCC1C. The minimum Gasteiger partial charge on any atom is -0.352 e. The van der Waals surface area contributed by atoms with Gasteiger partial charge in [0, 0.05) is 18.5 Å². The molecule has 94 valence electrons. The van der Waals surface area contributed by atoms with Gasteiger partial charge in [-0.2, -0.15) is 0 Å². The van der Waals surface area contributed by atoms with Crippen LogP contribution in [0.3, 0.4) is 0 Å². The maximum atomic E-state index is 12.0. The number of carbonyl (C=O) groups excluding carboxylic acids is 1. The van der Waals surface area contributed by atoms with Gasteiger partial charge in [0.25, 0.3) is 0 Å². The predicted octanol–water partition coefficient (Wildman–Crippen LogP) is 1.93. The Bertz CT molecular complexity index is 218. The standard InChI is InChI=1S/C13H26N2O/c1-4-6-7-11(5-2)13(16)15-12-9-14-8-10(12)3/h10-12,14H,4-9H2,1-3H3,(H,15,16). The summed E-state index contributed by atoms with van der Waals surface area (Å²) in [4.78, 5) is 12.0. The molecule has 1 fully saturated rings. The maximum absolute atomic E-state index is 12.0. The average Bonchev–Trinajstić information content (AvgIpc) is 2.65. The van der Waals surface area contributed by atoms with E-state index in [-0.39, 0.29) is 11.8 Å². The number of hydrogen-bond acceptors (Lipinski definition) is 2. The van der Waals surface area contributed by atoms with Crippen LogP contribution in [0.4, 0.5) is 0 Å². The minimum absolute atomic E-state index is 0.216. The zero-order valence-corrected chi connectivity index (χ0v) is 10.9. The minimum atomic E-state index is 0.216. The van der Waals surface area contributed by atoms with Gasteiger partial charge in [0.2, 0.25) is 5.91 Å². The molecule has 1 amide bonds. The van der Waals surface area contributed by atoms with E-state index in [9.17, 15) is 4.79 Å². The van der Waals surface area contributed by atoms with Crippen LogP contribution < -0.4 is 10.6 Å². The van der Waals surface area contributed by atoms with E-state index in [2.05, 4.69) is 31.4 Å². The number of nitrogens with one attached hydrogen (secondary N) is 2. The van der Waals surface area contributed by atoms with Crippen molar-refractivity contribution in [3.8, 4) is 0 Å². The quantitative estimate of drug-likeness (QED) is 0.726. The smallest absolute Gasteiger partial charge is 0.223 e. The Kier molecular flexibility index (Phi) is 5.81. The Morgan fingerprint density at radius 2 is 2.19 bits per heavy atom. The first-order valence-electron chi connectivity index (χ1n) is 6.70. The molecule has 1 aliphatic rings. The van der Waals surface area contributed by atoms with Crippen LogP contribution >= 0.6 is 0 Å². The first kappa shape index (κ1) is 13.5. The average molecular weight is 226 g/mol. The van der Waals surface area contributed by atoms with Gasteiger partial charge in [-0.15, -0.1) is 0 Å². The molecule has 3 atom stereocenters. The molecule has 1 aliphatic heterocycles. The fourth-order valence-corrected chi connectivity index (χ4v) is 2.27. The Hall–Kier alpha value is -0.570. The van der Waals surface area contributed by atoms with Crippen molar-refractivity contribution in [2.24, 2.45) is 11.8 Å². The van der Waals surface area contributed by atoms with Crippen molar-refractivity contribution in [1.82, 2.24) is 10.6 Å². The van der Waals surface area contributed by atoms with Crippen molar-refractivity contribution in [3.63, 3.8) is 0 Å². The van der Waals surface area contributed by atoms with Gasteiger partial charge in [0.15, 0.2) is 0 Å². The summed E-state index contributed by atoms with van der Waals surface area (Å²) in [5.41, 5.74) is 0. The molecule has 0 aromatic carbocycles. The van der Waals surface area contributed by atoms with Crippen LogP contribution in [0, 0.1) is 11.8 Å². The number of hydrogen-bond donors (Lipinski definition) is 2. The fourth-order valence-electron chi connectivity index (χ4n) is 2.27. The molecule has 0 radical (unpaired) electrons. The monoisotopic (exact) mass is 226 g/mol. The Morgan fingerprint density at radius 1 is 1.44 bits per heavy atom. The molecule has 0 aliphatic carbocycles. The lowest BCUT2D eigenvalue weighted by molar-refractivity contribution is -0.126. The summed E-state index contributed by atoms with van der Waals surface area (Å²) in [6, 6.07) is 0.336. The summed E-state index contributed by atoms with van der Waals surface area (Å²) in [5.74, 6) is 1.04. The van der Waals surface area contributed by atoms with Crippen LogP contribution in [0.15, 0.2) is 0 Å². The second-order valence-corrected chi connectivity index (χ2v) is 5.00. The summed E-state index contributed by atoms with van der Waals surface area (Å²) in [5, 5.41) is 6.50. The van der Waals surface area contributed by atoms with Gasteiger partial charge in [0.1, 0.15) is 0 Å². The van der Waals surface area contributed by atoms with Crippen LogP contribution in [0.25, 0.3) is 0 Å². The van der Waals surface area contributed by atoms with E-state index in [1.165, 1.54) is 6.42 Å². The van der Waals surface area contributed by atoms with Crippen LogP contribution in [0.5, 0.6) is 0 Å². The number of carbonyl (C=O) groups is 1. The van der Waals surface area contributed by atoms with E-state index >= 15 is 0 Å². The number of unbranched alkanes of at least 4 members (excludes halogenated alkanes) is 1. The lowest BCUT2D eigenvalue weighted by atomic mass is 9.97. The highest BCUT2D eigenvalue weighted by Crippen LogP contribution is 2.15. The summed E-state index contributed by atoms with van der Waals surface area (Å²) in [7, 11) is 0. The van der Waals surface area contributed by atoms with E-state index < -0.39 is 0 Å². The lowest BCUT2D eigenvalue weighted by Crippen LogP contribution is -2.42. The molecule has 1 rings (SSSR count). The summed E-state index contributed by atoms with van der Waals surface area (Å²) < 4.78 is 0. The molecular formula is C13H26N2O. The Balaban J connectivity index is 2.36. The normalized spacial score (nSPS) is 26.7. The summed E-state index contributed by atoms with van der Waals surface area (Å²) in [6.45, 7) is 8.43. The third-order valence-corrected chi connectivity index (χ3v) is 3.61. The van der Waals surface area contributed by atoms with Gasteiger partial charge >= 0.3 is 0 Å². The summed E-state index contributed by atoms with van der Waals surface area (Å²) in [6.07, 6.45) is 4.32. The van der Waals surface area contributed by atoms with Gasteiger partial charge in [-0.3, -0.25) is 4.79 Å². The van der Waals surface area contributed by atoms with Crippen molar-refractivity contribution in [2.75, 3.05) is 13.1 Å². The second-order valence-electron chi connectivity index (χ2n) is 5.00. The van der Waals surface area contributed by atoms with Crippen molar-refractivity contribution in [1.29, 1.82) is 0 Å². The van der Waals surface area contributed by atoms with Crippen molar-refractivity contribution < 1.29 is 4.79 Å². The maximum Gasteiger partial charge on any atom is 0.223 e. The molecule has 0 spiro atoms. The first-order valence-corrected chi connectivity index (χ1v) is 6.70. The van der Waals surface area contributed by atoms with Crippen LogP contribution in [0.2, 0.25) is 0 Å². The molecule has 0 bridgehead atoms. The molecule has 3 unspecified atom stereocenters. The molecule has 3 nitrogen and oxygen atoms in total. The first-order chi connectivity index (χ1) is 7.69. The largest absolute Gasteiger partial charge is 0.352 e. The van der Waals surface area contributed by atoms with E-state index in [0.29, 0.717) is 12.0 Å². The lowest BCUT2D eigenvalue weighted by Gasteiger charge is -2.20. The highest BCUT2D eigenvalue weighted by atomic mass is 16.1. The van der Waals surface area contributed by atoms with Gasteiger partial charge in [0.05, 0.1) is 0 Å². The van der Waals surface area contributed by atoms with Crippen molar-refractivity contribution in [3.05, 3.63) is 0 Å². The van der Waals surface area contributed by atoms with Crippen molar-refractivity contribution in [2.45, 2.75) is 52.5 Å². The number of rotatable bonds is 6. The van der Waals surface area contributed by atoms with E-state index in [4.69, 9.17) is 0 Å². The van der Waals surface area contributed by atoms with Crippen molar-refractivity contribution >= 4 is 5.91 Å². The molecule has 0 aromatic heterocycles. The molecule has 1 heterocycles. The summed E-state index contributed by atoms with van der Waals surface area (Å²) >= 11 is 0. The topological polar surface area (TPSA) is 41.1 Å². The molecule has 0 aromatic rings. The van der Waals surface area contributed by atoms with Gasteiger partial charge in [-0.1, -0.05) is 33.6 Å². The molecule has 1 saturated heterocycles. The zero-order valence-electron chi connectivity index (χ0n) is 10.9. The molecule has 16 heavy (non-hydrogen) atoms. The number of amides is 1. The van der Waals surface area contributed by atoms with Gasteiger partial charge < -0.3 is 10.6 Å². The third-order valence-electron chi connectivity index (χ3n) is 3.61. The highest BCUT2D eigenvalue weighted by Gasteiger charge is 2.26. The molecule has 3 heteroatoms. The molecular weight excluding hydrogens is 200 g/mol. The van der Waals surface area contributed by atoms with Crippen LogP contribution in [-0.4, -0.2) is 25.0 Å². The second kappa shape index (κ2) is 6.89. The van der Waals surface area contributed by atoms with Gasteiger partial charge in [-0.05, 0) is 25.3 Å². The Morgan fingerprint density at radius 3 is 2.69 bits per heavy atom. The Labute approximate surface area is 99.4 Å². The fraction of sp³-hybridized carbons (Fsp3) is 0.923. The third kappa shape index (κ3) is 3.78. The van der Waals surface area contributed by atoms with E-state index in [0.717, 1.165) is 32.4 Å². The van der Waals surface area contributed by atoms with Crippen LogP contribution in [0.1, 0.15) is 46.5 Å². The van der Waals surface area contributed by atoms with E-state index in [1.54, 1.807) is 0 Å².